The number of aliphatic hydroxyl groups excluding tert-OH is 5. The summed E-state index contributed by atoms with van der Waals surface area (Å²) in [4.78, 5) is 0. The molecule has 0 aromatic heterocycles. The van der Waals surface area contributed by atoms with E-state index in [2.05, 4.69) is 0 Å². The van der Waals surface area contributed by atoms with Gasteiger partial charge in [0.25, 0.3) is 0 Å². The van der Waals surface area contributed by atoms with Crippen LogP contribution in [-0.4, -0.2) is 56.1 Å². The average Bonchev–Trinajstić information content (AvgIpc) is 1.97. The molecule has 0 aromatic carbocycles. The summed E-state index contributed by atoms with van der Waals surface area (Å²) in [5, 5.41) is 44.8. The number of aliphatic hydroxyl groups is 5. The molecule has 0 radical (unpaired) electrons. The van der Waals surface area contributed by atoms with Crippen molar-refractivity contribution in [1.82, 2.24) is 0 Å². The summed E-state index contributed by atoms with van der Waals surface area (Å²) in [6, 6.07) is 0. The van der Waals surface area contributed by atoms with E-state index in [9.17, 15) is 0 Å². The predicted octanol–water partition coefficient (Wildman–Crippen LogP) is -2.81. The normalized spacial score (nSPS) is 52.6. The van der Waals surface area contributed by atoms with E-state index in [4.69, 9.17) is 25.5 Å². The number of rotatable bonds is 0. The van der Waals surface area contributed by atoms with Crippen molar-refractivity contribution in [3.05, 3.63) is 0 Å². The van der Waals surface area contributed by atoms with Crippen LogP contribution in [-0.2, 0) is 0 Å². The SMILES string of the molecule is O[C@@H]1[C@H](O)[C@H](O)C[C@H](O)[C@H]1O. The second kappa shape index (κ2) is 3.04. The fraction of sp³-hybridized carbons (Fsp3) is 1.00. The quantitative estimate of drug-likeness (QED) is 0.266. The molecule has 1 saturated carbocycles. The lowest BCUT2D eigenvalue weighted by atomic mass is 9.87. The Morgan fingerprint density at radius 1 is 0.636 bits per heavy atom. The lowest BCUT2D eigenvalue weighted by Gasteiger charge is -2.35. The highest BCUT2D eigenvalue weighted by molar-refractivity contribution is 4.92. The zero-order valence-electron chi connectivity index (χ0n) is 5.83. The molecule has 1 fully saturated rings. The molecule has 5 nitrogen and oxygen atoms in total. The topological polar surface area (TPSA) is 101 Å². The first kappa shape index (κ1) is 8.89. The Hall–Kier alpha value is -0.200. The minimum atomic E-state index is -1.46. The molecule has 0 amide bonds. The molecule has 1 rings (SSSR count). The molecule has 1 aliphatic carbocycles. The van der Waals surface area contributed by atoms with Crippen molar-refractivity contribution in [1.29, 1.82) is 0 Å². The van der Waals surface area contributed by atoms with Gasteiger partial charge in [-0.05, 0) is 0 Å². The molecule has 0 spiro atoms. The average molecular weight is 164 g/mol. The second-order valence-corrected chi connectivity index (χ2v) is 2.84. The van der Waals surface area contributed by atoms with Crippen LogP contribution < -0.4 is 0 Å². The lowest BCUT2D eigenvalue weighted by Crippen LogP contribution is -2.55. The number of hydrogen-bond donors (Lipinski definition) is 5. The molecule has 5 N–H and O–H groups in total. The third kappa shape index (κ3) is 1.52. The van der Waals surface area contributed by atoms with Crippen LogP contribution >= 0.6 is 0 Å². The highest BCUT2D eigenvalue weighted by Crippen LogP contribution is 2.20. The Labute approximate surface area is 63.5 Å². The third-order valence-electron chi connectivity index (χ3n) is 1.97. The summed E-state index contributed by atoms with van der Waals surface area (Å²) < 4.78 is 0. The third-order valence-corrected chi connectivity index (χ3v) is 1.97. The van der Waals surface area contributed by atoms with Crippen LogP contribution in [0.1, 0.15) is 6.42 Å². The van der Waals surface area contributed by atoms with Gasteiger partial charge in [0.05, 0.1) is 12.2 Å². The Morgan fingerprint density at radius 2 is 1.00 bits per heavy atom. The first-order valence-corrected chi connectivity index (χ1v) is 3.44. The highest BCUT2D eigenvalue weighted by Gasteiger charge is 2.40. The zero-order valence-corrected chi connectivity index (χ0v) is 5.83. The lowest BCUT2D eigenvalue weighted by molar-refractivity contribution is -0.176. The van der Waals surface area contributed by atoms with Crippen LogP contribution in [0.15, 0.2) is 0 Å². The van der Waals surface area contributed by atoms with Crippen molar-refractivity contribution in [2.45, 2.75) is 36.9 Å². The van der Waals surface area contributed by atoms with Gasteiger partial charge in [-0.25, -0.2) is 0 Å². The van der Waals surface area contributed by atoms with Gasteiger partial charge in [0.2, 0.25) is 0 Å². The van der Waals surface area contributed by atoms with Crippen molar-refractivity contribution < 1.29 is 25.5 Å². The molecule has 0 aromatic rings. The van der Waals surface area contributed by atoms with Gasteiger partial charge < -0.3 is 25.5 Å². The molecule has 0 saturated heterocycles. The van der Waals surface area contributed by atoms with E-state index >= 15 is 0 Å². The maximum absolute atomic E-state index is 8.97. The van der Waals surface area contributed by atoms with Crippen molar-refractivity contribution in [2.75, 3.05) is 0 Å². The summed E-state index contributed by atoms with van der Waals surface area (Å²) in [7, 11) is 0. The van der Waals surface area contributed by atoms with Crippen LogP contribution in [0.3, 0.4) is 0 Å². The van der Waals surface area contributed by atoms with Gasteiger partial charge in [-0.1, -0.05) is 0 Å². The molecule has 5 heteroatoms. The summed E-state index contributed by atoms with van der Waals surface area (Å²) in [6.07, 6.45) is -6.64. The van der Waals surface area contributed by atoms with Crippen molar-refractivity contribution in [2.24, 2.45) is 0 Å². The largest absolute Gasteiger partial charge is 0.390 e. The van der Waals surface area contributed by atoms with Crippen LogP contribution in [0.2, 0.25) is 0 Å². The first-order chi connectivity index (χ1) is 5.04. The highest BCUT2D eigenvalue weighted by atomic mass is 16.4. The Morgan fingerprint density at radius 3 is 1.36 bits per heavy atom. The minimum absolute atomic E-state index is 0.112. The van der Waals surface area contributed by atoms with E-state index in [-0.39, 0.29) is 6.42 Å². The molecular formula is C6H12O5. The van der Waals surface area contributed by atoms with Crippen molar-refractivity contribution in [3.8, 4) is 0 Å². The molecule has 0 unspecified atom stereocenters. The predicted molar refractivity (Wildman–Crippen MR) is 34.7 cm³/mol. The second-order valence-electron chi connectivity index (χ2n) is 2.84. The molecule has 0 aliphatic heterocycles. The zero-order chi connectivity index (χ0) is 8.59. The van der Waals surface area contributed by atoms with E-state index in [1.54, 1.807) is 0 Å². The molecule has 0 bridgehead atoms. The summed E-state index contributed by atoms with van der Waals surface area (Å²) >= 11 is 0. The van der Waals surface area contributed by atoms with Gasteiger partial charge in [-0.3, -0.25) is 0 Å². The standard InChI is InChI=1S/C6H12O5/c7-2-1-3(8)5(10)6(11)4(2)9/h2-11H,1H2/t2-,3+,4-,5-,6-/m1/s1. The number of hydrogen-bond acceptors (Lipinski definition) is 5. The van der Waals surface area contributed by atoms with E-state index in [1.165, 1.54) is 0 Å². The van der Waals surface area contributed by atoms with Crippen molar-refractivity contribution in [3.63, 3.8) is 0 Å². The van der Waals surface area contributed by atoms with Gasteiger partial charge in [0.1, 0.15) is 18.3 Å². The smallest absolute Gasteiger partial charge is 0.111 e. The fourth-order valence-electron chi connectivity index (χ4n) is 1.18. The van der Waals surface area contributed by atoms with Crippen LogP contribution in [0.4, 0.5) is 0 Å². The Bertz CT molecular complexity index is 125. The van der Waals surface area contributed by atoms with Crippen LogP contribution in [0.5, 0.6) is 0 Å². The molecule has 0 heterocycles. The molecule has 1 aliphatic rings. The van der Waals surface area contributed by atoms with Crippen LogP contribution in [0, 0.1) is 0 Å². The maximum atomic E-state index is 8.97. The monoisotopic (exact) mass is 164 g/mol. The van der Waals surface area contributed by atoms with Crippen molar-refractivity contribution >= 4 is 0 Å². The van der Waals surface area contributed by atoms with Gasteiger partial charge in [-0.15, -0.1) is 0 Å². The summed E-state index contributed by atoms with van der Waals surface area (Å²) in [5.74, 6) is 0. The van der Waals surface area contributed by atoms with Crippen LogP contribution in [0.25, 0.3) is 0 Å². The van der Waals surface area contributed by atoms with E-state index in [0.29, 0.717) is 0 Å². The first-order valence-electron chi connectivity index (χ1n) is 3.44. The fourth-order valence-corrected chi connectivity index (χ4v) is 1.18. The minimum Gasteiger partial charge on any atom is -0.390 e. The summed E-state index contributed by atoms with van der Waals surface area (Å²) in [6.45, 7) is 0. The molecule has 66 valence electrons. The van der Waals surface area contributed by atoms with Gasteiger partial charge in [-0.2, -0.15) is 0 Å². The maximum Gasteiger partial charge on any atom is 0.111 e. The Balaban J connectivity index is 2.63. The molecule has 11 heavy (non-hydrogen) atoms. The van der Waals surface area contributed by atoms with E-state index < -0.39 is 30.5 Å². The van der Waals surface area contributed by atoms with Gasteiger partial charge in [0.15, 0.2) is 0 Å². The Kier molecular flexibility index (Phi) is 2.46. The summed E-state index contributed by atoms with van der Waals surface area (Å²) in [5.41, 5.74) is 0. The van der Waals surface area contributed by atoms with E-state index in [0.717, 1.165) is 0 Å². The van der Waals surface area contributed by atoms with Gasteiger partial charge in [0, 0.05) is 6.42 Å². The van der Waals surface area contributed by atoms with Gasteiger partial charge >= 0.3 is 0 Å². The molecule has 5 atom stereocenters. The molecular weight excluding hydrogens is 152 g/mol. The van der Waals surface area contributed by atoms with E-state index in [1.807, 2.05) is 0 Å².